The van der Waals surface area contributed by atoms with Gasteiger partial charge in [-0.25, -0.2) is 9.78 Å². The van der Waals surface area contributed by atoms with Crippen molar-refractivity contribution in [3.63, 3.8) is 0 Å². The Morgan fingerprint density at radius 2 is 2.17 bits per heavy atom. The fourth-order valence-electron chi connectivity index (χ4n) is 3.06. The number of hydrogen-bond donors (Lipinski definition) is 2. The zero-order valence-electron chi connectivity index (χ0n) is 13.9. The molecule has 1 aliphatic heterocycles. The molecule has 9 nitrogen and oxygen atoms in total. The number of nitrogens with zero attached hydrogens (tertiary/aromatic N) is 4. The lowest BCUT2D eigenvalue weighted by molar-refractivity contribution is -0.122. The fraction of sp³-hybridized carbons (Fsp3) is 0.600. The van der Waals surface area contributed by atoms with E-state index in [0.717, 1.165) is 30.5 Å². The molecular weight excluding hydrogens is 312 g/mol. The van der Waals surface area contributed by atoms with Crippen molar-refractivity contribution in [2.24, 2.45) is 14.1 Å². The quantitative estimate of drug-likeness (QED) is 0.723. The van der Waals surface area contributed by atoms with Crippen LogP contribution in [0.3, 0.4) is 0 Å². The number of hydrogen-bond acceptors (Lipinski definition) is 5. The van der Waals surface area contributed by atoms with E-state index in [0.29, 0.717) is 17.7 Å². The van der Waals surface area contributed by atoms with Crippen LogP contribution in [0.5, 0.6) is 0 Å². The molecule has 1 saturated heterocycles. The first-order valence-corrected chi connectivity index (χ1v) is 8.10. The van der Waals surface area contributed by atoms with Crippen molar-refractivity contribution in [2.75, 3.05) is 13.1 Å². The largest absolute Gasteiger partial charge is 0.352 e. The Kier molecular flexibility index (Phi) is 4.52. The van der Waals surface area contributed by atoms with Crippen molar-refractivity contribution in [1.29, 1.82) is 0 Å². The lowest BCUT2D eigenvalue weighted by Crippen LogP contribution is -2.45. The van der Waals surface area contributed by atoms with Crippen molar-refractivity contribution in [3.8, 4) is 0 Å². The zero-order chi connectivity index (χ0) is 17.3. The highest BCUT2D eigenvalue weighted by molar-refractivity contribution is 5.76. The number of aryl methyl sites for hydroxylation is 2. The number of piperidine rings is 1. The predicted octanol–water partition coefficient (Wildman–Crippen LogP) is -1.31. The molecule has 0 radical (unpaired) electrons. The number of aromatic nitrogens is 4. The summed E-state index contributed by atoms with van der Waals surface area (Å²) in [5, 5.41) is 6.26. The van der Waals surface area contributed by atoms with E-state index < -0.39 is 11.2 Å². The Hall–Kier alpha value is -2.42. The first-order chi connectivity index (χ1) is 11.5. The molecule has 3 rings (SSSR count). The predicted molar refractivity (Wildman–Crippen MR) is 88.9 cm³/mol. The summed E-state index contributed by atoms with van der Waals surface area (Å²) < 4.78 is 4.02. The molecule has 0 aliphatic carbocycles. The van der Waals surface area contributed by atoms with E-state index in [4.69, 9.17) is 0 Å². The minimum Gasteiger partial charge on any atom is -0.352 e. The second-order valence-electron chi connectivity index (χ2n) is 6.18. The number of carbonyl (C=O) groups is 1. The lowest BCUT2D eigenvalue weighted by atomic mass is 10.1. The summed E-state index contributed by atoms with van der Waals surface area (Å²) in [7, 11) is 3.01. The summed E-state index contributed by atoms with van der Waals surface area (Å²) in [6.07, 6.45) is 3.80. The third-order valence-corrected chi connectivity index (χ3v) is 4.46. The average Bonchev–Trinajstić information content (AvgIpc) is 3.01. The van der Waals surface area contributed by atoms with Gasteiger partial charge in [0.1, 0.15) is 0 Å². The van der Waals surface area contributed by atoms with Gasteiger partial charge in [-0.3, -0.25) is 18.7 Å². The number of imidazole rings is 1. The molecule has 1 fully saturated rings. The third kappa shape index (κ3) is 2.99. The Labute approximate surface area is 138 Å². The summed E-state index contributed by atoms with van der Waals surface area (Å²) in [5.74, 6) is -0.0489. The number of fused-ring (bicyclic) bond motifs is 1. The van der Waals surface area contributed by atoms with Gasteiger partial charge < -0.3 is 15.2 Å². The van der Waals surface area contributed by atoms with Crippen molar-refractivity contribution in [1.82, 2.24) is 29.3 Å². The van der Waals surface area contributed by atoms with Gasteiger partial charge in [0.2, 0.25) is 5.91 Å². The van der Waals surface area contributed by atoms with E-state index >= 15 is 0 Å². The minimum atomic E-state index is -0.416. The second-order valence-corrected chi connectivity index (χ2v) is 6.18. The average molecular weight is 334 g/mol. The van der Waals surface area contributed by atoms with Crippen LogP contribution in [-0.4, -0.2) is 43.7 Å². The molecule has 9 heteroatoms. The minimum absolute atomic E-state index is 0.0489. The van der Waals surface area contributed by atoms with Gasteiger partial charge in [-0.2, -0.15) is 0 Å². The summed E-state index contributed by atoms with van der Waals surface area (Å²) in [6.45, 7) is 2.13. The van der Waals surface area contributed by atoms with Crippen molar-refractivity contribution in [3.05, 3.63) is 27.2 Å². The molecule has 2 aromatic rings. The Morgan fingerprint density at radius 3 is 2.88 bits per heavy atom. The van der Waals surface area contributed by atoms with Crippen LogP contribution in [-0.2, 0) is 25.4 Å². The fourth-order valence-corrected chi connectivity index (χ4v) is 3.06. The van der Waals surface area contributed by atoms with Crippen molar-refractivity contribution < 1.29 is 4.79 Å². The third-order valence-electron chi connectivity index (χ3n) is 4.46. The summed E-state index contributed by atoms with van der Waals surface area (Å²) in [6, 6.07) is 0.166. The van der Waals surface area contributed by atoms with E-state index in [2.05, 4.69) is 15.6 Å². The van der Waals surface area contributed by atoms with Gasteiger partial charge in [0.25, 0.3) is 5.56 Å². The van der Waals surface area contributed by atoms with Gasteiger partial charge >= 0.3 is 5.69 Å². The molecule has 1 atom stereocenters. The standard InChI is InChI=1S/C15H22N6O3/c1-19-13-12(14(23)20(2)15(19)24)21(9-17-13)7-5-11(22)18-10-4-3-6-16-8-10/h9-10,16H,3-8H2,1-2H3,(H,18,22)/t10-/m0/s1. The number of nitrogens with one attached hydrogen (secondary N) is 2. The molecule has 3 heterocycles. The van der Waals surface area contributed by atoms with Gasteiger partial charge in [-0.05, 0) is 19.4 Å². The lowest BCUT2D eigenvalue weighted by Gasteiger charge is -2.23. The topological polar surface area (TPSA) is 103 Å². The van der Waals surface area contributed by atoms with Crippen LogP contribution in [0.1, 0.15) is 19.3 Å². The Bertz CT molecular complexity index is 872. The first-order valence-electron chi connectivity index (χ1n) is 8.10. The smallest absolute Gasteiger partial charge is 0.332 e. The van der Waals surface area contributed by atoms with Gasteiger partial charge in [0.15, 0.2) is 11.2 Å². The SMILES string of the molecule is Cn1c(=O)c2c(ncn2CCC(=O)N[C@H]2CCCNC2)n(C)c1=O. The van der Waals surface area contributed by atoms with E-state index in [1.165, 1.54) is 17.9 Å². The maximum atomic E-state index is 12.3. The second kappa shape index (κ2) is 6.60. The molecule has 1 amide bonds. The maximum absolute atomic E-state index is 12.3. The van der Waals surface area contributed by atoms with Gasteiger partial charge in [0.05, 0.1) is 6.33 Å². The molecule has 130 valence electrons. The van der Waals surface area contributed by atoms with E-state index in [9.17, 15) is 14.4 Å². The van der Waals surface area contributed by atoms with Crippen LogP contribution in [0.15, 0.2) is 15.9 Å². The Balaban J connectivity index is 1.75. The molecule has 1 aliphatic rings. The number of rotatable bonds is 4. The molecule has 2 aromatic heterocycles. The molecule has 24 heavy (non-hydrogen) atoms. The zero-order valence-corrected chi connectivity index (χ0v) is 13.9. The van der Waals surface area contributed by atoms with Crippen LogP contribution in [0, 0.1) is 0 Å². The monoisotopic (exact) mass is 334 g/mol. The maximum Gasteiger partial charge on any atom is 0.332 e. The number of carbonyl (C=O) groups excluding carboxylic acids is 1. The summed E-state index contributed by atoms with van der Waals surface area (Å²) in [5.41, 5.74) is -0.144. The Morgan fingerprint density at radius 1 is 1.38 bits per heavy atom. The van der Waals surface area contributed by atoms with Gasteiger partial charge in [-0.1, -0.05) is 0 Å². The molecule has 0 saturated carbocycles. The molecule has 2 N–H and O–H groups in total. The van der Waals surface area contributed by atoms with Crippen LogP contribution >= 0.6 is 0 Å². The van der Waals surface area contributed by atoms with Crippen molar-refractivity contribution in [2.45, 2.75) is 31.8 Å². The highest BCUT2D eigenvalue weighted by Crippen LogP contribution is 2.07. The molecule has 0 unspecified atom stereocenters. The van der Waals surface area contributed by atoms with E-state index in [-0.39, 0.29) is 18.4 Å². The van der Waals surface area contributed by atoms with Crippen molar-refractivity contribution >= 4 is 17.1 Å². The highest BCUT2D eigenvalue weighted by atomic mass is 16.2. The van der Waals surface area contributed by atoms with Crippen LogP contribution < -0.4 is 21.9 Å². The highest BCUT2D eigenvalue weighted by Gasteiger charge is 2.17. The van der Waals surface area contributed by atoms with E-state index in [1.54, 1.807) is 11.6 Å². The van der Waals surface area contributed by atoms with Gasteiger partial charge in [-0.15, -0.1) is 0 Å². The molecule has 0 spiro atoms. The van der Waals surface area contributed by atoms with E-state index in [1.807, 2.05) is 0 Å². The van der Waals surface area contributed by atoms with Crippen LogP contribution in [0.4, 0.5) is 0 Å². The molecule has 0 bridgehead atoms. The van der Waals surface area contributed by atoms with Crippen LogP contribution in [0.2, 0.25) is 0 Å². The first kappa shape index (κ1) is 16.4. The normalized spacial score (nSPS) is 18.0. The van der Waals surface area contributed by atoms with Gasteiger partial charge in [0, 0.05) is 39.6 Å². The number of amides is 1. The molecular formula is C15H22N6O3. The summed E-state index contributed by atoms with van der Waals surface area (Å²) in [4.78, 5) is 40.5. The molecule has 0 aromatic carbocycles. The summed E-state index contributed by atoms with van der Waals surface area (Å²) >= 11 is 0. The van der Waals surface area contributed by atoms with Crippen LogP contribution in [0.25, 0.3) is 11.2 Å².